The van der Waals surface area contributed by atoms with E-state index in [1.807, 2.05) is 24.3 Å². The van der Waals surface area contributed by atoms with Crippen molar-refractivity contribution in [3.05, 3.63) is 24.3 Å². The maximum Gasteiger partial charge on any atom is 0.128 e. The molecular weight excluding hydrogens is 132 g/mol. The predicted molar refractivity (Wildman–Crippen MR) is 33.6 cm³/mol. The number of hydrogen-bond acceptors (Lipinski definition) is 4. The first-order valence-corrected chi connectivity index (χ1v) is 3.00. The molecule has 1 aromatic carbocycles. The van der Waals surface area contributed by atoms with Crippen LogP contribution in [-0.4, -0.2) is 0 Å². The molecule has 4 nitrogen and oxygen atoms in total. The van der Waals surface area contributed by atoms with E-state index in [0.717, 1.165) is 11.4 Å². The summed E-state index contributed by atoms with van der Waals surface area (Å²) in [6.07, 6.45) is 0. The van der Waals surface area contributed by atoms with E-state index in [2.05, 4.69) is 0 Å². The zero-order chi connectivity index (χ0) is 6.55. The SMILES string of the molecule is c1ccc2c(c1)N1ON2O1. The molecule has 50 valence electrons. The van der Waals surface area contributed by atoms with Gasteiger partial charge in [0.1, 0.15) is 11.4 Å². The van der Waals surface area contributed by atoms with Crippen LogP contribution in [0.15, 0.2) is 24.3 Å². The molecule has 3 heterocycles. The molecule has 0 radical (unpaired) electrons. The minimum Gasteiger partial charge on any atom is -0.0957 e. The van der Waals surface area contributed by atoms with Crippen molar-refractivity contribution >= 4 is 11.4 Å². The van der Waals surface area contributed by atoms with E-state index in [0.29, 0.717) is 0 Å². The van der Waals surface area contributed by atoms with E-state index < -0.39 is 0 Å². The van der Waals surface area contributed by atoms with Crippen LogP contribution in [0.2, 0.25) is 0 Å². The summed E-state index contributed by atoms with van der Waals surface area (Å²) in [4.78, 5) is 9.93. The minimum absolute atomic E-state index is 0.961. The second-order valence-corrected chi connectivity index (χ2v) is 2.17. The molecule has 0 N–H and O–H groups in total. The van der Waals surface area contributed by atoms with Gasteiger partial charge in [-0.1, -0.05) is 32.5 Å². The molecule has 0 aliphatic carbocycles. The lowest BCUT2D eigenvalue weighted by Gasteiger charge is -2.26. The summed E-state index contributed by atoms with van der Waals surface area (Å²) in [5.41, 5.74) is 1.92. The molecular formula is C6H4N2O2. The first kappa shape index (κ1) is 4.54. The molecule has 0 saturated carbocycles. The van der Waals surface area contributed by atoms with Crippen LogP contribution in [-0.2, 0) is 9.88 Å². The van der Waals surface area contributed by atoms with Crippen LogP contribution in [0.5, 0.6) is 0 Å². The summed E-state index contributed by atoms with van der Waals surface area (Å²) in [7, 11) is 0. The van der Waals surface area contributed by atoms with Crippen LogP contribution in [0, 0.1) is 0 Å². The Labute approximate surface area is 57.0 Å². The minimum atomic E-state index is 0.961. The van der Waals surface area contributed by atoms with Crippen LogP contribution in [0.1, 0.15) is 0 Å². The van der Waals surface area contributed by atoms with E-state index in [1.54, 1.807) is 0 Å². The van der Waals surface area contributed by atoms with Gasteiger partial charge in [-0.05, 0) is 12.1 Å². The van der Waals surface area contributed by atoms with E-state index in [1.165, 1.54) is 10.5 Å². The van der Waals surface area contributed by atoms with Crippen molar-refractivity contribution in [2.45, 2.75) is 0 Å². The molecule has 0 aromatic heterocycles. The molecule has 4 heteroatoms. The fourth-order valence-electron chi connectivity index (χ4n) is 1.09. The quantitative estimate of drug-likeness (QED) is 0.531. The zero-order valence-corrected chi connectivity index (χ0v) is 5.02. The molecule has 0 amide bonds. The van der Waals surface area contributed by atoms with Gasteiger partial charge < -0.3 is 0 Å². The Kier molecular flexibility index (Phi) is 0.570. The van der Waals surface area contributed by atoms with Gasteiger partial charge in [-0.2, -0.15) is 0 Å². The van der Waals surface area contributed by atoms with Crippen molar-refractivity contribution in [1.82, 2.24) is 0 Å². The molecule has 0 atom stereocenters. The summed E-state index contributed by atoms with van der Waals surface area (Å²) < 4.78 is 0. The maximum absolute atomic E-state index is 4.96. The normalized spacial score (nSPS) is 18.8. The topological polar surface area (TPSA) is 24.9 Å². The first-order chi connectivity index (χ1) is 4.95. The lowest BCUT2D eigenvalue weighted by atomic mass is 10.3. The monoisotopic (exact) mass is 136 g/mol. The van der Waals surface area contributed by atoms with Crippen LogP contribution in [0.4, 0.5) is 11.4 Å². The standard InChI is InChI=1S/C6H4N2O2/c1-2-4-6-5(3-1)7-9-8(6)10-7/h1-4H. The third-order valence-electron chi connectivity index (χ3n) is 1.57. The summed E-state index contributed by atoms with van der Waals surface area (Å²) >= 11 is 0. The molecule has 0 unspecified atom stereocenters. The number of para-hydroxylation sites is 2. The largest absolute Gasteiger partial charge is 0.128 e. The molecule has 1 saturated heterocycles. The van der Waals surface area contributed by atoms with Crippen molar-refractivity contribution < 1.29 is 9.88 Å². The molecule has 0 spiro atoms. The maximum atomic E-state index is 4.96. The predicted octanol–water partition coefficient (Wildman–Crippen LogP) is 1.02. The van der Waals surface area contributed by atoms with Crippen LogP contribution in [0.3, 0.4) is 0 Å². The fourth-order valence-corrected chi connectivity index (χ4v) is 1.09. The van der Waals surface area contributed by atoms with E-state index in [9.17, 15) is 0 Å². The zero-order valence-electron chi connectivity index (χ0n) is 5.02. The highest BCUT2D eigenvalue weighted by atomic mass is 17.3. The Balaban J connectivity index is 2.29. The third kappa shape index (κ3) is 0.335. The van der Waals surface area contributed by atoms with E-state index >= 15 is 0 Å². The van der Waals surface area contributed by atoms with Gasteiger partial charge in [0, 0.05) is 0 Å². The molecule has 4 rings (SSSR count). The molecule has 10 heavy (non-hydrogen) atoms. The van der Waals surface area contributed by atoms with Gasteiger partial charge in [0.2, 0.25) is 0 Å². The average molecular weight is 136 g/mol. The number of anilines is 2. The van der Waals surface area contributed by atoms with Gasteiger partial charge in [-0.3, -0.25) is 0 Å². The number of benzene rings is 1. The van der Waals surface area contributed by atoms with Crippen molar-refractivity contribution in [2.24, 2.45) is 0 Å². The summed E-state index contributed by atoms with van der Waals surface area (Å²) in [6.45, 7) is 0. The van der Waals surface area contributed by atoms with Gasteiger partial charge >= 0.3 is 0 Å². The number of rotatable bonds is 0. The summed E-state index contributed by atoms with van der Waals surface area (Å²) in [5.74, 6) is 0. The highest BCUT2D eigenvalue weighted by Gasteiger charge is 2.41. The third-order valence-corrected chi connectivity index (χ3v) is 1.57. The van der Waals surface area contributed by atoms with Crippen LogP contribution in [0.25, 0.3) is 0 Å². The first-order valence-electron chi connectivity index (χ1n) is 3.00. The van der Waals surface area contributed by atoms with Crippen LogP contribution >= 0.6 is 0 Å². The van der Waals surface area contributed by atoms with Crippen molar-refractivity contribution in [3.63, 3.8) is 0 Å². The summed E-state index contributed by atoms with van der Waals surface area (Å²) in [6, 6.07) is 7.74. The van der Waals surface area contributed by atoms with Gasteiger partial charge in [-0.25, -0.2) is 0 Å². The molecule has 1 aromatic rings. The number of hydrogen-bond donors (Lipinski definition) is 0. The average Bonchev–Trinajstić information content (AvgIpc) is 2.36. The second-order valence-electron chi connectivity index (χ2n) is 2.17. The molecule has 2 bridgehead atoms. The van der Waals surface area contributed by atoms with Gasteiger partial charge in [0.25, 0.3) is 0 Å². The Morgan fingerprint density at radius 2 is 1.40 bits per heavy atom. The van der Waals surface area contributed by atoms with Crippen molar-refractivity contribution in [2.75, 3.05) is 10.5 Å². The molecule has 1 fully saturated rings. The Morgan fingerprint density at radius 1 is 0.900 bits per heavy atom. The van der Waals surface area contributed by atoms with Crippen molar-refractivity contribution in [3.8, 4) is 0 Å². The Morgan fingerprint density at radius 3 is 1.90 bits per heavy atom. The lowest BCUT2D eigenvalue weighted by molar-refractivity contribution is -0.289. The van der Waals surface area contributed by atoms with Gasteiger partial charge in [0.15, 0.2) is 0 Å². The molecule has 3 aliphatic rings. The highest BCUT2D eigenvalue weighted by molar-refractivity contribution is 5.72. The van der Waals surface area contributed by atoms with Gasteiger partial charge in [-0.15, -0.1) is 0 Å². The fraction of sp³-hybridized carbons (Fsp3) is 0. The second kappa shape index (κ2) is 1.25. The van der Waals surface area contributed by atoms with Gasteiger partial charge in [0.05, 0.1) is 0 Å². The number of nitrogens with zero attached hydrogens (tertiary/aromatic N) is 2. The summed E-state index contributed by atoms with van der Waals surface area (Å²) in [5, 5.41) is 2.74. The van der Waals surface area contributed by atoms with E-state index in [4.69, 9.17) is 9.88 Å². The van der Waals surface area contributed by atoms with Crippen LogP contribution < -0.4 is 10.5 Å². The Hall–Kier alpha value is -1.26. The lowest BCUT2D eigenvalue weighted by Crippen LogP contribution is -2.43. The van der Waals surface area contributed by atoms with Crippen molar-refractivity contribution in [1.29, 1.82) is 0 Å². The Bertz CT molecular complexity index is 256. The molecule has 3 aliphatic heterocycles. The van der Waals surface area contributed by atoms with E-state index in [-0.39, 0.29) is 0 Å². The smallest absolute Gasteiger partial charge is 0.0957 e. The highest BCUT2D eigenvalue weighted by Crippen LogP contribution is 2.44.